The fourth-order valence-electron chi connectivity index (χ4n) is 3.14. The second-order valence-electron chi connectivity index (χ2n) is 6.42. The van der Waals surface area contributed by atoms with Crippen molar-refractivity contribution < 1.29 is 23.8 Å². The predicted octanol–water partition coefficient (Wildman–Crippen LogP) is 1.30. The Morgan fingerprint density at radius 3 is 2.54 bits per heavy atom. The zero-order valence-electron chi connectivity index (χ0n) is 13.1. The van der Waals surface area contributed by atoms with Crippen LogP contribution in [0.5, 0.6) is 0 Å². The van der Waals surface area contributed by atoms with E-state index in [0.717, 1.165) is 12.8 Å². The normalized spacial score (nSPS) is 31.3. The van der Waals surface area contributed by atoms with E-state index in [-0.39, 0.29) is 36.7 Å². The van der Waals surface area contributed by atoms with Gasteiger partial charge in [-0.1, -0.05) is 18.2 Å². The Balaban J connectivity index is 1.30. The molecule has 0 unspecified atom stereocenters. The van der Waals surface area contributed by atoms with Crippen LogP contribution in [0.1, 0.15) is 12.8 Å². The van der Waals surface area contributed by atoms with Crippen molar-refractivity contribution in [3.05, 3.63) is 30.3 Å². The highest BCUT2D eigenvalue weighted by Crippen LogP contribution is 2.32. The number of amides is 2. The lowest BCUT2D eigenvalue weighted by atomic mass is 10.1. The highest BCUT2D eigenvalue weighted by atomic mass is 16.6. The van der Waals surface area contributed by atoms with Crippen LogP contribution >= 0.6 is 0 Å². The molecule has 2 amide bonds. The number of rotatable bonds is 4. The summed E-state index contributed by atoms with van der Waals surface area (Å²) in [7, 11) is 0. The van der Waals surface area contributed by atoms with Crippen molar-refractivity contribution in [2.24, 2.45) is 5.92 Å². The van der Waals surface area contributed by atoms with E-state index in [4.69, 9.17) is 14.2 Å². The predicted molar refractivity (Wildman–Crippen MR) is 84.5 cm³/mol. The molecule has 0 radical (unpaired) electrons. The van der Waals surface area contributed by atoms with Crippen LogP contribution in [0.4, 0.5) is 10.5 Å². The van der Waals surface area contributed by atoms with Gasteiger partial charge in [0.2, 0.25) is 5.91 Å². The molecule has 2 N–H and O–H groups in total. The lowest BCUT2D eigenvalue weighted by Gasteiger charge is -2.18. The Kier molecular flexibility index (Phi) is 4.12. The second-order valence-corrected chi connectivity index (χ2v) is 6.42. The first kappa shape index (κ1) is 15.4. The maximum absolute atomic E-state index is 12.0. The number of anilines is 1. The number of carbonyl (C=O) groups is 2. The van der Waals surface area contributed by atoms with Gasteiger partial charge in [-0.25, -0.2) is 4.79 Å². The van der Waals surface area contributed by atoms with Crippen LogP contribution in [0.25, 0.3) is 0 Å². The first-order chi connectivity index (χ1) is 11.7. The Morgan fingerprint density at radius 1 is 1.04 bits per heavy atom. The molecule has 128 valence electrons. The van der Waals surface area contributed by atoms with E-state index in [1.165, 1.54) is 0 Å². The van der Waals surface area contributed by atoms with E-state index in [0.29, 0.717) is 12.3 Å². The minimum atomic E-state index is -0.537. The molecular formula is C17H20N2O5. The van der Waals surface area contributed by atoms with Gasteiger partial charge in [0.1, 0.15) is 12.2 Å². The highest BCUT2D eigenvalue weighted by molar-refractivity contribution is 5.84. The molecule has 3 fully saturated rings. The molecule has 7 nitrogen and oxygen atoms in total. The van der Waals surface area contributed by atoms with E-state index in [9.17, 15) is 9.59 Å². The van der Waals surface area contributed by atoms with E-state index >= 15 is 0 Å². The molecular weight excluding hydrogens is 312 g/mol. The maximum Gasteiger partial charge on any atom is 0.412 e. The standard InChI is InChI=1S/C17H20N2O5/c20-16(10-6-7-10)19-12-8-22-15-13(9-23-14(12)15)24-17(21)18-11-4-2-1-3-5-11/h1-5,10,12-15H,6-9H2,(H,18,21)(H,19,20)/t12-,13+,14+,15+/m0/s1. The van der Waals surface area contributed by atoms with Crippen molar-refractivity contribution >= 4 is 17.7 Å². The van der Waals surface area contributed by atoms with Crippen molar-refractivity contribution in [2.45, 2.75) is 37.2 Å². The minimum Gasteiger partial charge on any atom is -0.441 e. The van der Waals surface area contributed by atoms with E-state index in [1.54, 1.807) is 12.1 Å². The molecule has 2 heterocycles. The first-order valence-corrected chi connectivity index (χ1v) is 8.27. The van der Waals surface area contributed by atoms with Crippen molar-refractivity contribution in [2.75, 3.05) is 18.5 Å². The van der Waals surface area contributed by atoms with Crippen LogP contribution in [0.3, 0.4) is 0 Å². The Morgan fingerprint density at radius 2 is 1.79 bits per heavy atom. The van der Waals surface area contributed by atoms with Crippen LogP contribution in [0, 0.1) is 5.92 Å². The molecule has 1 aromatic rings. The quantitative estimate of drug-likeness (QED) is 0.868. The van der Waals surface area contributed by atoms with Crippen LogP contribution in [-0.2, 0) is 19.0 Å². The average molecular weight is 332 g/mol. The second kappa shape index (κ2) is 6.41. The zero-order valence-corrected chi connectivity index (χ0v) is 13.1. The summed E-state index contributed by atoms with van der Waals surface area (Å²) in [5, 5.41) is 5.65. The molecule has 24 heavy (non-hydrogen) atoms. The highest BCUT2D eigenvalue weighted by Gasteiger charge is 2.50. The number of benzene rings is 1. The molecule has 0 bridgehead atoms. The number of fused-ring (bicyclic) bond motifs is 1. The minimum absolute atomic E-state index is 0.0686. The van der Waals surface area contributed by atoms with E-state index in [2.05, 4.69) is 10.6 Å². The smallest absolute Gasteiger partial charge is 0.412 e. The zero-order chi connectivity index (χ0) is 16.5. The Labute approximate surface area is 139 Å². The van der Waals surface area contributed by atoms with Gasteiger partial charge in [-0.3, -0.25) is 10.1 Å². The third-order valence-electron chi connectivity index (χ3n) is 4.56. The van der Waals surface area contributed by atoms with E-state index in [1.807, 2.05) is 18.2 Å². The van der Waals surface area contributed by atoms with Crippen molar-refractivity contribution in [1.29, 1.82) is 0 Å². The lowest BCUT2D eigenvalue weighted by molar-refractivity contribution is -0.123. The maximum atomic E-state index is 12.0. The third-order valence-corrected chi connectivity index (χ3v) is 4.56. The number of hydrogen-bond donors (Lipinski definition) is 2. The van der Waals surface area contributed by atoms with Gasteiger partial charge in [0.15, 0.2) is 6.10 Å². The summed E-state index contributed by atoms with van der Waals surface area (Å²) in [4.78, 5) is 23.9. The molecule has 2 saturated heterocycles. The molecule has 1 aromatic carbocycles. The van der Waals surface area contributed by atoms with Gasteiger partial charge in [-0.2, -0.15) is 0 Å². The molecule has 3 aliphatic rings. The molecule has 4 atom stereocenters. The van der Waals surface area contributed by atoms with Gasteiger partial charge in [0, 0.05) is 11.6 Å². The molecule has 0 spiro atoms. The van der Waals surface area contributed by atoms with Crippen LogP contribution in [0.2, 0.25) is 0 Å². The molecule has 1 aliphatic carbocycles. The van der Waals surface area contributed by atoms with Gasteiger partial charge >= 0.3 is 6.09 Å². The topological polar surface area (TPSA) is 85.9 Å². The average Bonchev–Trinajstić information content (AvgIpc) is 3.25. The first-order valence-electron chi connectivity index (χ1n) is 8.27. The fourth-order valence-corrected chi connectivity index (χ4v) is 3.14. The van der Waals surface area contributed by atoms with Crippen LogP contribution in [-0.4, -0.2) is 49.6 Å². The number of hydrogen-bond acceptors (Lipinski definition) is 5. The molecule has 1 saturated carbocycles. The summed E-state index contributed by atoms with van der Waals surface area (Å²) >= 11 is 0. The molecule has 4 rings (SSSR count). The lowest BCUT2D eigenvalue weighted by Crippen LogP contribution is -2.45. The fraction of sp³-hybridized carbons (Fsp3) is 0.529. The van der Waals surface area contributed by atoms with Crippen LogP contribution in [0.15, 0.2) is 30.3 Å². The monoisotopic (exact) mass is 332 g/mol. The molecule has 0 aromatic heterocycles. The largest absolute Gasteiger partial charge is 0.441 e. The summed E-state index contributed by atoms with van der Waals surface area (Å²) in [6, 6.07) is 8.92. The summed E-state index contributed by atoms with van der Waals surface area (Å²) in [5.74, 6) is 0.216. The summed E-state index contributed by atoms with van der Waals surface area (Å²) in [6.45, 7) is 0.654. The molecule has 7 heteroatoms. The van der Waals surface area contributed by atoms with Gasteiger partial charge in [-0.05, 0) is 25.0 Å². The number of carbonyl (C=O) groups excluding carboxylic acids is 2. The number of ether oxygens (including phenoxy) is 3. The van der Waals surface area contributed by atoms with Crippen molar-refractivity contribution in [3.63, 3.8) is 0 Å². The van der Waals surface area contributed by atoms with Crippen LogP contribution < -0.4 is 10.6 Å². The Hall–Kier alpha value is -2.12. The third kappa shape index (κ3) is 3.22. The van der Waals surface area contributed by atoms with Gasteiger partial charge in [-0.15, -0.1) is 0 Å². The van der Waals surface area contributed by atoms with Gasteiger partial charge in [0.25, 0.3) is 0 Å². The van der Waals surface area contributed by atoms with E-state index < -0.39 is 12.2 Å². The van der Waals surface area contributed by atoms with Crippen molar-refractivity contribution in [1.82, 2.24) is 5.32 Å². The SMILES string of the molecule is O=C(Nc1ccccc1)O[C@@H]1CO[C@H]2[C@@H]1OC[C@@H]2NC(=O)C1CC1. The summed E-state index contributed by atoms with van der Waals surface area (Å²) < 4.78 is 16.8. The Bertz CT molecular complexity index is 619. The van der Waals surface area contributed by atoms with Crippen molar-refractivity contribution in [3.8, 4) is 0 Å². The number of para-hydroxylation sites is 1. The number of nitrogens with one attached hydrogen (secondary N) is 2. The molecule has 2 aliphatic heterocycles. The summed E-state index contributed by atoms with van der Waals surface area (Å²) in [5.41, 5.74) is 0.667. The van der Waals surface area contributed by atoms with Gasteiger partial charge < -0.3 is 19.5 Å². The van der Waals surface area contributed by atoms with Gasteiger partial charge in [0.05, 0.1) is 19.3 Å². The summed E-state index contributed by atoms with van der Waals surface area (Å²) in [6.07, 6.45) is 0.309.